The van der Waals surface area contributed by atoms with E-state index in [1.165, 1.54) is 23.5 Å². The molecule has 1 aromatic carbocycles. The quantitative estimate of drug-likeness (QED) is 0.792. The Morgan fingerprint density at radius 1 is 1.22 bits per heavy atom. The van der Waals surface area contributed by atoms with E-state index < -0.39 is 11.6 Å². The van der Waals surface area contributed by atoms with Crippen molar-refractivity contribution in [3.63, 3.8) is 0 Å². The van der Waals surface area contributed by atoms with Gasteiger partial charge in [-0.2, -0.15) is 0 Å². The van der Waals surface area contributed by atoms with Gasteiger partial charge < -0.3 is 5.73 Å². The van der Waals surface area contributed by atoms with Gasteiger partial charge in [-0.15, -0.1) is 11.3 Å². The summed E-state index contributed by atoms with van der Waals surface area (Å²) in [4.78, 5) is 0.942. The maximum Gasteiger partial charge on any atom is 0.129 e. The number of hydrogen-bond acceptors (Lipinski definition) is 2. The number of benzene rings is 1. The van der Waals surface area contributed by atoms with Crippen LogP contribution >= 0.6 is 43.2 Å². The predicted octanol–water partition coefficient (Wildman–Crippen LogP) is 4.79. The SMILES string of the molecule is NC(Cc1ccc(F)cc1F)c1cc(Br)c(Br)s1. The molecule has 0 saturated heterocycles. The summed E-state index contributed by atoms with van der Waals surface area (Å²) < 4.78 is 28.2. The maximum absolute atomic E-state index is 13.5. The monoisotopic (exact) mass is 395 g/mol. The largest absolute Gasteiger partial charge is 0.323 e. The lowest BCUT2D eigenvalue weighted by atomic mass is 10.0. The molecule has 0 aliphatic rings. The lowest BCUT2D eigenvalue weighted by molar-refractivity contribution is 0.564. The lowest BCUT2D eigenvalue weighted by Crippen LogP contribution is -2.12. The van der Waals surface area contributed by atoms with Crippen LogP contribution in [0.3, 0.4) is 0 Å². The van der Waals surface area contributed by atoms with E-state index in [9.17, 15) is 8.78 Å². The molecule has 0 bridgehead atoms. The first-order valence-corrected chi connectivity index (χ1v) is 7.52. The van der Waals surface area contributed by atoms with Crippen LogP contribution in [0.4, 0.5) is 8.78 Å². The molecule has 1 unspecified atom stereocenters. The Morgan fingerprint density at radius 3 is 2.50 bits per heavy atom. The van der Waals surface area contributed by atoms with E-state index in [2.05, 4.69) is 31.9 Å². The standard InChI is InChI=1S/C12H9Br2F2NS/c13-8-5-11(18-12(8)14)10(17)3-6-1-2-7(15)4-9(6)16/h1-2,4-5,10H,3,17H2. The van der Waals surface area contributed by atoms with Crippen molar-refractivity contribution in [2.45, 2.75) is 12.5 Å². The van der Waals surface area contributed by atoms with E-state index in [0.717, 1.165) is 19.2 Å². The van der Waals surface area contributed by atoms with E-state index in [1.54, 1.807) is 0 Å². The van der Waals surface area contributed by atoms with Crippen LogP contribution in [0.25, 0.3) is 0 Å². The van der Waals surface area contributed by atoms with Gasteiger partial charge in [-0.3, -0.25) is 0 Å². The highest BCUT2D eigenvalue weighted by molar-refractivity contribution is 9.13. The number of nitrogens with two attached hydrogens (primary N) is 1. The van der Waals surface area contributed by atoms with Crippen LogP contribution in [0.1, 0.15) is 16.5 Å². The molecular weight excluding hydrogens is 388 g/mol. The Bertz CT molecular complexity index is 552. The van der Waals surface area contributed by atoms with Crippen molar-refractivity contribution in [1.82, 2.24) is 0 Å². The first-order valence-electron chi connectivity index (χ1n) is 5.11. The molecule has 0 fully saturated rings. The van der Waals surface area contributed by atoms with Gasteiger partial charge in [0.25, 0.3) is 0 Å². The van der Waals surface area contributed by atoms with Crippen LogP contribution in [0.5, 0.6) is 0 Å². The summed E-state index contributed by atoms with van der Waals surface area (Å²) in [5.41, 5.74) is 6.45. The second-order valence-electron chi connectivity index (χ2n) is 3.82. The topological polar surface area (TPSA) is 26.0 Å². The molecule has 2 aromatic rings. The third kappa shape index (κ3) is 3.17. The molecule has 1 atom stereocenters. The van der Waals surface area contributed by atoms with Gasteiger partial charge in [-0.05, 0) is 56.0 Å². The predicted molar refractivity (Wildman–Crippen MR) is 76.7 cm³/mol. The van der Waals surface area contributed by atoms with E-state index in [4.69, 9.17) is 5.73 Å². The van der Waals surface area contributed by atoms with Crippen LogP contribution in [-0.4, -0.2) is 0 Å². The fourth-order valence-corrected chi connectivity index (χ4v) is 3.66. The van der Waals surface area contributed by atoms with Crippen molar-refractivity contribution in [2.75, 3.05) is 0 Å². The van der Waals surface area contributed by atoms with Crippen molar-refractivity contribution < 1.29 is 8.78 Å². The average molecular weight is 397 g/mol. The zero-order valence-electron chi connectivity index (χ0n) is 9.09. The number of hydrogen-bond donors (Lipinski definition) is 1. The fourth-order valence-electron chi connectivity index (χ4n) is 1.57. The molecule has 0 aliphatic carbocycles. The second kappa shape index (κ2) is 5.77. The minimum atomic E-state index is -0.577. The van der Waals surface area contributed by atoms with E-state index in [-0.39, 0.29) is 6.04 Å². The molecule has 1 heterocycles. The lowest BCUT2D eigenvalue weighted by Gasteiger charge is -2.10. The van der Waals surface area contributed by atoms with Crippen LogP contribution in [0.2, 0.25) is 0 Å². The Morgan fingerprint density at radius 2 is 1.94 bits per heavy atom. The van der Waals surface area contributed by atoms with Gasteiger partial charge in [0.1, 0.15) is 11.6 Å². The molecule has 0 amide bonds. The third-order valence-electron chi connectivity index (χ3n) is 2.48. The summed E-state index contributed by atoms with van der Waals surface area (Å²) in [6.45, 7) is 0. The van der Waals surface area contributed by atoms with Crippen LogP contribution in [0, 0.1) is 11.6 Å². The zero-order chi connectivity index (χ0) is 13.3. The normalized spacial score (nSPS) is 12.7. The average Bonchev–Trinajstić information content (AvgIpc) is 2.63. The van der Waals surface area contributed by atoms with E-state index in [0.29, 0.717) is 12.0 Å². The van der Waals surface area contributed by atoms with Gasteiger partial charge in [-0.25, -0.2) is 8.78 Å². The Balaban J connectivity index is 2.18. The van der Waals surface area contributed by atoms with Gasteiger partial charge in [0.05, 0.1) is 3.79 Å². The summed E-state index contributed by atoms with van der Waals surface area (Å²) in [6.07, 6.45) is 0.339. The molecule has 96 valence electrons. The molecule has 2 rings (SSSR count). The van der Waals surface area contributed by atoms with Crippen LogP contribution in [0.15, 0.2) is 32.5 Å². The Labute approximate surface area is 124 Å². The summed E-state index contributed by atoms with van der Waals surface area (Å²) in [5, 5.41) is 0. The third-order valence-corrected chi connectivity index (χ3v) is 5.87. The highest BCUT2D eigenvalue weighted by atomic mass is 79.9. The Kier molecular flexibility index (Phi) is 4.53. The molecule has 0 aliphatic heterocycles. The maximum atomic E-state index is 13.5. The van der Waals surface area contributed by atoms with Gasteiger partial charge in [0, 0.05) is 21.5 Å². The van der Waals surface area contributed by atoms with Gasteiger partial charge in [0.15, 0.2) is 0 Å². The summed E-state index contributed by atoms with van der Waals surface area (Å²) in [7, 11) is 0. The van der Waals surface area contributed by atoms with E-state index >= 15 is 0 Å². The summed E-state index contributed by atoms with van der Waals surface area (Å²) in [5.74, 6) is -1.13. The van der Waals surface area contributed by atoms with Gasteiger partial charge in [-0.1, -0.05) is 6.07 Å². The number of thiophene rings is 1. The number of halogens is 4. The molecule has 0 saturated carbocycles. The van der Waals surface area contributed by atoms with E-state index in [1.807, 2.05) is 6.07 Å². The highest BCUT2D eigenvalue weighted by Crippen LogP contribution is 2.35. The first kappa shape index (κ1) is 14.1. The first-order chi connectivity index (χ1) is 8.47. The molecule has 1 aromatic heterocycles. The van der Waals surface area contributed by atoms with Crippen molar-refractivity contribution in [3.05, 3.63) is 54.6 Å². The molecular formula is C12H9Br2F2NS. The minimum Gasteiger partial charge on any atom is -0.323 e. The molecule has 0 spiro atoms. The fraction of sp³-hybridized carbons (Fsp3) is 0.167. The minimum absolute atomic E-state index is 0.308. The molecule has 6 heteroatoms. The summed E-state index contributed by atoms with van der Waals surface area (Å²) in [6, 6.07) is 5.15. The Hall–Kier alpha value is -0.300. The van der Waals surface area contributed by atoms with Crippen molar-refractivity contribution in [3.8, 4) is 0 Å². The molecule has 2 N–H and O–H groups in total. The summed E-state index contributed by atoms with van der Waals surface area (Å²) >= 11 is 8.26. The van der Waals surface area contributed by atoms with Crippen molar-refractivity contribution >= 4 is 43.2 Å². The van der Waals surface area contributed by atoms with Crippen LogP contribution in [-0.2, 0) is 6.42 Å². The van der Waals surface area contributed by atoms with Gasteiger partial charge >= 0.3 is 0 Å². The number of rotatable bonds is 3. The molecule has 0 radical (unpaired) electrons. The van der Waals surface area contributed by atoms with Crippen molar-refractivity contribution in [2.24, 2.45) is 5.73 Å². The smallest absolute Gasteiger partial charge is 0.129 e. The highest BCUT2D eigenvalue weighted by Gasteiger charge is 2.14. The van der Waals surface area contributed by atoms with Crippen molar-refractivity contribution in [1.29, 1.82) is 0 Å². The zero-order valence-corrected chi connectivity index (χ0v) is 13.1. The van der Waals surface area contributed by atoms with Crippen LogP contribution < -0.4 is 5.73 Å². The molecule has 18 heavy (non-hydrogen) atoms. The second-order valence-corrected chi connectivity index (χ2v) is 7.07. The van der Waals surface area contributed by atoms with Gasteiger partial charge in [0.2, 0.25) is 0 Å². The molecule has 1 nitrogen and oxygen atoms in total.